The third kappa shape index (κ3) is 3.40. The molecule has 1 atom stereocenters. The topological polar surface area (TPSA) is 46.1 Å². The van der Waals surface area contributed by atoms with Crippen LogP contribution in [0.25, 0.3) is 11.4 Å². The number of aromatic amines is 1. The second-order valence-electron chi connectivity index (χ2n) is 6.14. The van der Waals surface area contributed by atoms with Gasteiger partial charge in [0.2, 0.25) is 4.77 Å². The van der Waals surface area contributed by atoms with Gasteiger partial charge < -0.3 is 4.74 Å². The number of nitrogens with one attached hydrogen (secondary N) is 1. The lowest BCUT2D eigenvalue weighted by Gasteiger charge is -2.23. The Morgan fingerprint density at radius 3 is 2.88 bits per heavy atom. The molecular formula is C18H20N4OS2. The largest absolute Gasteiger partial charge is 0.497 e. The van der Waals surface area contributed by atoms with Crippen LogP contribution in [0.2, 0.25) is 0 Å². The summed E-state index contributed by atoms with van der Waals surface area (Å²) in [5.74, 6) is 1.62. The third-order valence-electron chi connectivity index (χ3n) is 4.60. The molecule has 0 amide bonds. The van der Waals surface area contributed by atoms with E-state index < -0.39 is 0 Å². The minimum atomic E-state index is 0.481. The molecule has 0 radical (unpaired) electrons. The van der Waals surface area contributed by atoms with Gasteiger partial charge in [-0.15, -0.1) is 11.3 Å². The van der Waals surface area contributed by atoms with Crippen molar-refractivity contribution in [2.45, 2.75) is 25.6 Å². The van der Waals surface area contributed by atoms with Crippen LogP contribution in [0.15, 0.2) is 41.8 Å². The molecule has 1 aliphatic heterocycles. The van der Waals surface area contributed by atoms with Crippen LogP contribution >= 0.6 is 23.6 Å². The highest BCUT2D eigenvalue weighted by Crippen LogP contribution is 2.34. The predicted molar refractivity (Wildman–Crippen MR) is 102 cm³/mol. The van der Waals surface area contributed by atoms with Gasteiger partial charge in [0.05, 0.1) is 13.8 Å². The first kappa shape index (κ1) is 16.5. The summed E-state index contributed by atoms with van der Waals surface area (Å²) in [6.45, 7) is 1.83. The summed E-state index contributed by atoms with van der Waals surface area (Å²) >= 11 is 7.30. The standard InChI is InChI=1S/C18H20N4OS2/c1-23-14-8-6-13(7-9-14)17-19-18(24)22(20-17)12-21-10-2-4-15(21)16-5-3-11-25-16/h3,5-9,11,15H,2,4,10,12H2,1H3,(H,19,20,24)/t15-/m0/s1. The van der Waals surface area contributed by atoms with Crippen molar-refractivity contribution in [1.29, 1.82) is 0 Å². The van der Waals surface area contributed by atoms with Gasteiger partial charge in [0.15, 0.2) is 5.82 Å². The first-order valence-electron chi connectivity index (χ1n) is 8.33. The summed E-state index contributed by atoms with van der Waals surface area (Å²) < 4.78 is 7.75. The summed E-state index contributed by atoms with van der Waals surface area (Å²) in [6, 6.07) is 12.7. The Labute approximate surface area is 155 Å². The fourth-order valence-electron chi connectivity index (χ4n) is 3.31. The Balaban J connectivity index is 1.55. The van der Waals surface area contributed by atoms with E-state index in [-0.39, 0.29) is 0 Å². The molecule has 0 spiro atoms. The summed E-state index contributed by atoms with van der Waals surface area (Å²) in [6.07, 6.45) is 2.42. The number of hydrogen-bond acceptors (Lipinski definition) is 5. The van der Waals surface area contributed by atoms with Crippen molar-refractivity contribution in [3.63, 3.8) is 0 Å². The zero-order valence-electron chi connectivity index (χ0n) is 14.0. The van der Waals surface area contributed by atoms with Crippen LogP contribution in [0, 0.1) is 4.77 Å². The molecule has 130 valence electrons. The molecule has 4 rings (SSSR count). The van der Waals surface area contributed by atoms with E-state index in [9.17, 15) is 0 Å². The normalized spacial score (nSPS) is 17.9. The van der Waals surface area contributed by atoms with Crippen molar-refractivity contribution >= 4 is 23.6 Å². The Kier molecular flexibility index (Phi) is 4.70. The van der Waals surface area contributed by atoms with Gasteiger partial charge in [0, 0.05) is 23.0 Å². The van der Waals surface area contributed by atoms with Gasteiger partial charge in [-0.05, 0) is 60.8 Å². The number of aromatic nitrogens is 3. The molecule has 1 N–H and O–H groups in total. The van der Waals surface area contributed by atoms with Crippen molar-refractivity contribution < 1.29 is 4.74 Å². The van der Waals surface area contributed by atoms with E-state index in [0.29, 0.717) is 10.8 Å². The monoisotopic (exact) mass is 372 g/mol. The van der Waals surface area contributed by atoms with E-state index in [1.807, 2.05) is 40.3 Å². The number of H-pyrrole nitrogens is 1. The Hall–Kier alpha value is -1.96. The highest BCUT2D eigenvalue weighted by Gasteiger charge is 2.27. The smallest absolute Gasteiger partial charge is 0.217 e. The van der Waals surface area contributed by atoms with Crippen LogP contribution in [-0.4, -0.2) is 33.3 Å². The lowest BCUT2D eigenvalue weighted by atomic mass is 10.2. The first-order valence-corrected chi connectivity index (χ1v) is 9.62. The van der Waals surface area contributed by atoms with Gasteiger partial charge in [0.25, 0.3) is 0 Å². The molecule has 0 bridgehead atoms. The second kappa shape index (κ2) is 7.11. The fraction of sp³-hybridized carbons (Fsp3) is 0.333. The van der Waals surface area contributed by atoms with Crippen LogP contribution < -0.4 is 4.74 Å². The number of likely N-dealkylation sites (tertiary alicyclic amines) is 1. The van der Waals surface area contributed by atoms with E-state index in [1.165, 1.54) is 17.7 Å². The minimum absolute atomic E-state index is 0.481. The number of nitrogens with zero attached hydrogens (tertiary/aromatic N) is 3. The van der Waals surface area contributed by atoms with Gasteiger partial charge in [-0.25, -0.2) is 4.68 Å². The molecule has 0 unspecified atom stereocenters. The maximum atomic E-state index is 5.47. The lowest BCUT2D eigenvalue weighted by Crippen LogP contribution is -2.26. The van der Waals surface area contributed by atoms with E-state index in [0.717, 1.165) is 30.4 Å². The maximum absolute atomic E-state index is 5.47. The molecule has 3 heterocycles. The molecule has 2 aromatic heterocycles. The predicted octanol–water partition coefficient (Wildman–Crippen LogP) is 4.47. The molecular weight excluding hydrogens is 352 g/mol. The number of methoxy groups -OCH3 is 1. The molecule has 1 fully saturated rings. The van der Waals surface area contributed by atoms with E-state index in [4.69, 9.17) is 17.0 Å². The zero-order valence-corrected chi connectivity index (χ0v) is 15.6. The molecule has 0 saturated carbocycles. The van der Waals surface area contributed by atoms with Crippen molar-refractivity contribution in [3.05, 3.63) is 51.4 Å². The molecule has 1 aromatic carbocycles. The molecule has 0 aliphatic carbocycles. The van der Waals surface area contributed by atoms with Crippen molar-refractivity contribution in [2.24, 2.45) is 0 Å². The summed E-state index contributed by atoms with van der Waals surface area (Å²) in [4.78, 5) is 8.42. The summed E-state index contributed by atoms with van der Waals surface area (Å²) in [5, 5.41) is 5.50. The summed E-state index contributed by atoms with van der Waals surface area (Å²) in [5.41, 5.74) is 1.00. The average molecular weight is 373 g/mol. The van der Waals surface area contributed by atoms with Crippen molar-refractivity contribution in [2.75, 3.05) is 13.7 Å². The number of hydrogen-bond donors (Lipinski definition) is 1. The fourth-order valence-corrected chi connectivity index (χ4v) is 4.40. The molecule has 7 heteroatoms. The van der Waals surface area contributed by atoms with Crippen molar-refractivity contribution in [3.8, 4) is 17.1 Å². The molecule has 1 saturated heterocycles. The highest BCUT2D eigenvalue weighted by molar-refractivity contribution is 7.71. The highest BCUT2D eigenvalue weighted by atomic mass is 32.1. The van der Waals surface area contributed by atoms with Crippen LogP contribution in [0.5, 0.6) is 5.75 Å². The van der Waals surface area contributed by atoms with Gasteiger partial charge in [-0.3, -0.25) is 10.00 Å². The van der Waals surface area contributed by atoms with Crippen molar-refractivity contribution in [1.82, 2.24) is 19.7 Å². The van der Waals surface area contributed by atoms with E-state index >= 15 is 0 Å². The van der Waals surface area contributed by atoms with Gasteiger partial charge >= 0.3 is 0 Å². The van der Waals surface area contributed by atoms with Gasteiger partial charge in [-0.2, -0.15) is 4.98 Å². The first-order chi connectivity index (χ1) is 12.2. The Bertz CT molecular complexity index is 883. The van der Waals surface area contributed by atoms with Gasteiger partial charge in [-0.1, -0.05) is 6.07 Å². The zero-order chi connectivity index (χ0) is 17.2. The van der Waals surface area contributed by atoms with Crippen LogP contribution in [0.1, 0.15) is 23.8 Å². The Morgan fingerprint density at radius 2 is 2.16 bits per heavy atom. The Morgan fingerprint density at radius 1 is 1.32 bits per heavy atom. The van der Waals surface area contributed by atoms with Crippen LogP contribution in [0.3, 0.4) is 0 Å². The molecule has 3 aromatic rings. The molecule has 1 aliphatic rings. The van der Waals surface area contributed by atoms with Crippen LogP contribution in [-0.2, 0) is 6.67 Å². The quantitative estimate of drug-likeness (QED) is 0.671. The SMILES string of the molecule is COc1ccc(-c2nc(=S)n(CN3CCC[C@H]3c3cccs3)[nH]2)cc1. The summed E-state index contributed by atoms with van der Waals surface area (Å²) in [7, 11) is 1.66. The van der Waals surface area contributed by atoms with Gasteiger partial charge in [0.1, 0.15) is 5.75 Å². The number of ether oxygens (including phenoxy) is 1. The van der Waals surface area contributed by atoms with Crippen LogP contribution in [0.4, 0.5) is 0 Å². The number of benzene rings is 1. The average Bonchev–Trinajstić information content (AvgIpc) is 3.37. The number of rotatable bonds is 5. The number of thiophene rings is 1. The minimum Gasteiger partial charge on any atom is -0.497 e. The maximum Gasteiger partial charge on any atom is 0.217 e. The lowest BCUT2D eigenvalue weighted by molar-refractivity contribution is 0.192. The second-order valence-corrected chi connectivity index (χ2v) is 7.48. The molecule has 25 heavy (non-hydrogen) atoms. The molecule has 5 nitrogen and oxygen atoms in total. The van der Waals surface area contributed by atoms with E-state index in [2.05, 4.69) is 32.5 Å². The third-order valence-corrected chi connectivity index (χ3v) is 5.89. The van der Waals surface area contributed by atoms with E-state index in [1.54, 1.807) is 7.11 Å².